The first-order valence-corrected chi connectivity index (χ1v) is 9.41. The van der Waals surface area contributed by atoms with Crippen LogP contribution in [0.3, 0.4) is 0 Å². The van der Waals surface area contributed by atoms with E-state index in [-0.39, 0.29) is 30.1 Å². The molecule has 0 bridgehead atoms. The predicted octanol–water partition coefficient (Wildman–Crippen LogP) is 2.69. The normalized spacial score (nSPS) is 26.6. The van der Waals surface area contributed by atoms with Crippen LogP contribution in [0.2, 0.25) is 0 Å². The van der Waals surface area contributed by atoms with Crippen LogP contribution in [0.4, 0.5) is 0 Å². The third kappa shape index (κ3) is 4.57. The highest BCUT2D eigenvalue weighted by Crippen LogP contribution is 2.33. The van der Waals surface area contributed by atoms with Crippen LogP contribution >= 0.6 is 12.4 Å². The van der Waals surface area contributed by atoms with Crippen molar-refractivity contribution in [2.75, 3.05) is 26.2 Å². The predicted molar refractivity (Wildman–Crippen MR) is 105 cm³/mol. The second kappa shape index (κ2) is 8.87. The van der Waals surface area contributed by atoms with E-state index in [0.29, 0.717) is 31.7 Å². The summed E-state index contributed by atoms with van der Waals surface area (Å²) in [5, 5.41) is 0. The SMILES string of the molecule is CC1(N)CCCCC1C(=O)N1CCCN(C(=O)c2ccccc2)CC1.Cl. The molecule has 26 heavy (non-hydrogen) atoms. The monoisotopic (exact) mass is 379 g/mol. The zero-order valence-corrected chi connectivity index (χ0v) is 16.3. The highest BCUT2D eigenvalue weighted by Gasteiger charge is 2.40. The van der Waals surface area contributed by atoms with Crippen molar-refractivity contribution < 1.29 is 9.59 Å². The molecule has 1 saturated heterocycles. The first-order valence-electron chi connectivity index (χ1n) is 9.41. The van der Waals surface area contributed by atoms with Crippen LogP contribution in [0, 0.1) is 5.92 Å². The minimum Gasteiger partial charge on any atom is -0.341 e. The molecule has 2 amide bonds. The van der Waals surface area contributed by atoms with E-state index in [1.807, 2.05) is 47.1 Å². The smallest absolute Gasteiger partial charge is 0.253 e. The molecule has 1 aromatic rings. The molecular weight excluding hydrogens is 350 g/mol. The van der Waals surface area contributed by atoms with Gasteiger partial charge in [-0.15, -0.1) is 12.4 Å². The summed E-state index contributed by atoms with van der Waals surface area (Å²) in [5.74, 6) is 0.146. The fourth-order valence-electron chi connectivity index (χ4n) is 4.09. The summed E-state index contributed by atoms with van der Waals surface area (Å²) < 4.78 is 0. The van der Waals surface area contributed by atoms with Gasteiger partial charge in [-0.05, 0) is 38.3 Å². The first-order chi connectivity index (χ1) is 12.0. The van der Waals surface area contributed by atoms with Crippen molar-refractivity contribution in [3.63, 3.8) is 0 Å². The van der Waals surface area contributed by atoms with Crippen molar-refractivity contribution in [2.24, 2.45) is 11.7 Å². The average Bonchev–Trinajstić information content (AvgIpc) is 2.87. The van der Waals surface area contributed by atoms with Crippen LogP contribution in [-0.2, 0) is 4.79 Å². The first kappa shape index (κ1) is 20.7. The highest BCUT2D eigenvalue weighted by molar-refractivity contribution is 5.94. The van der Waals surface area contributed by atoms with Crippen molar-refractivity contribution in [3.8, 4) is 0 Å². The quantitative estimate of drug-likeness (QED) is 0.859. The maximum atomic E-state index is 13.0. The van der Waals surface area contributed by atoms with Gasteiger partial charge in [0.25, 0.3) is 5.91 Å². The Morgan fingerprint density at radius 2 is 1.65 bits per heavy atom. The molecule has 1 aliphatic heterocycles. The average molecular weight is 380 g/mol. The van der Waals surface area contributed by atoms with E-state index < -0.39 is 5.54 Å². The van der Waals surface area contributed by atoms with Gasteiger partial charge in [-0.3, -0.25) is 9.59 Å². The van der Waals surface area contributed by atoms with E-state index in [1.54, 1.807) is 0 Å². The van der Waals surface area contributed by atoms with E-state index in [2.05, 4.69) is 0 Å². The van der Waals surface area contributed by atoms with Crippen molar-refractivity contribution in [3.05, 3.63) is 35.9 Å². The molecule has 1 heterocycles. The Balaban J connectivity index is 0.00000243. The van der Waals surface area contributed by atoms with Crippen LogP contribution in [-0.4, -0.2) is 53.3 Å². The molecule has 2 aliphatic rings. The third-order valence-corrected chi connectivity index (χ3v) is 5.67. The van der Waals surface area contributed by atoms with Gasteiger partial charge in [0, 0.05) is 37.3 Å². The lowest BCUT2D eigenvalue weighted by Gasteiger charge is -2.39. The van der Waals surface area contributed by atoms with Gasteiger partial charge in [0.2, 0.25) is 5.91 Å². The number of nitrogens with zero attached hydrogens (tertiary/aromatic N) is 2. The van der Waals surface area contributed by atoms with Gasteiger partial charge >= 0.3 is 0 Å². The number of hydrogen-bond donors (Lipinski definition) is 1. The largest absolute Gasteiger partial charge is 0.341 e. The van der Waals surface area contributed by atoms with Gasteiger partial charge in [0.15, 0.2) is 0 Å². The zero-order chi connectivity index (χ0) is 17.9. The number of rotatable bonds is 2. The maximum Gasteiger partial charge on any atom is 0.253 e. The summed E-state index contributed by atoms with van der Waals surface area (Å²) in [6.07, 6.45) is 4.80. The lowest BCUT2D eigenvalue weighted by atomic mass is 9.74. The molecule has 2 fully saturated rings. The number of carbonyl (C=O) groups is 2. The summed E-state index contributed by atoms with van der Waals surface area (Å²) in [7, 11) is 0. The van der Waals surface area contributed by atoms with Crippen molar-refractivity contribution in [1.82, 2.24) is 9.80 Å². The second-order valence-corrected chi connectivity index (χ2v) is 7.64. The molecule has 2 atom stereocenters. The topological polar surface area (TPSA) is 66.6 Å². The Morgan fingerprint density at radius 3 is 2.35 bits per heavy atom. The van der Waals surface area contributed by atoms with Crippen LogP contribution < -0.4 is 5.73 Å². The molecule has 1 aliphatic carbocycles. The summed E-state index contributed by atoms with van der Waals surface area (Å²) >= 11 is 0. The van der Waals surface area contributed by atoms with Gasteiger partial charge in [0.05, 0.1) is 5.92 Å². The van der Waals surface area contributed by atoms with Crippen LogP contribution in [0.25, 0.3) is 0 Å². The summed E-state index contributed by atoms with van der Waals surface area (Å²) in [6, 6.07) is 9.36. The van der Waals surface area contributed by atoms with Crippen molar-refractivity contribution in [2.45, 2.75) is 44.6 Å². The number of nitrogens with two attached hydrogens (primary N) is 1. The molecule has 144 valence electrons. The minimum atomic E-state index is -0.402. The zero-order valence-electron chi connectivity index (χ0n) is 15.5. The number of carbonyl (C=O) groups excluding carboxylic acids is 2. The number of benzene rings is 1. The Bertz CT molecular complexity index is 621. The summed E-state index contributed by atoms with van der Waals surface area (Å²) in [5.41, 5.74) is 6.72. The molecule has 0 spiro atoms. The Hall–Kier alpha value is -1.59. The molecule has 1 aromatic carbocycles. The van der Waals surface area contributed by atoms with Crippen LogP contribution in [0.15, 0.2) is 30.3 Å². The lowest BCUT2D eigenvalue weighted by Crippen LogP contribution is -2.54. The van der Waals surface area contributed by atoms with E-state index in [1.165, 1.54) is 0 Å². The molecule has 6 heteroatoms. The van der Waals surface area contributed by atoms with E-state index in [4.69, 9.17) is 5.73 Å². The molecular formula is C20H30ClN3O2. The van der Waals surface area contributed by atoms with Gasteiger partial charge in [-0.25, -0.2) is 0 Å². The van der Waals surface area contributed by atoms with E-state index in [0.717, 1.165) is 32.1 Å². The molecule has 2 N–H and O–H groups in total. The standard InChI is InChI=1S/C20H29N3O2.ClH/c1-20(21)11-6-5-10-17(20)19(25)23-13-7-12-22(14-15-23)18(24)16-8-3-2-4-9-16;/h2-4,8-9,17H,5-7,10-15,21H2,1H3;1H. The molecule has 2 unspecified atom stereocenters. The fourth-order valence-corrected chi connectivity index (χ4v) is 4.09. The molecule has 3 rings (SSSR count). The third-order valence-electron chi connectivity index (χ3n) is 5.67. The number of halogens is 1. The molecule has 0 aromatic heterocycles. The molecule has 1 saturated carbocycles. The van der Waals surface area contributed by atoms with Crippen molar-refractivity contribution >= 4 is 24.2 Å². The van der Waals surface area contributed by atoms with Crippen LogP contribution in [0.1, 0.15) is 49.4 Å². The highest BCUT2D eigenvalue weighted by atomic mass is 35.5. The molecule has 5 nitrogen and oxygen atoms in total. The Kier molecular flexibility index (Phi) is 7.07. The molecule has 0 radical (unpaired) electrons. The van der Waals surface area contributed by atoms with E-state index in [9.17, 15) is 9.59 Å². The fraction of sp³-hybridized carbons (Fsp3) is 0.600. The van der Waals surface area contributed by atoms with Crippen LogP contribution in [0.5, 0.6) is 0 Å². The summed E-state index contributed by atoms with van der Waals surface area (Å²) in [6.45, 7) is 4.61. The Labute approximate surface area is 162 Å². The van der Waals surface area contributed by atoms with Crippen molar-refractivity contribution in [1.29, 1.82) is 0 Å². The number of hydrogen-bond acceptors (Lipinski definition) is 3. The lowest BCUT2D eigenvalue weighted by molar-refractivity contribution is -0.138. The number of amides is 2. The Morgan fingerprint density at radius 1 is 1.00 bits per heavy atom. The minimum absolute atomic E-state index is 0. The van der Waals surface area contributed by atoms with Gasteiger partial charge in [-0.1, -0.05) is 31.0 Å². The maximum absolute atomic E-state index is 13.0. The van der Waals surface area contributed by atoms with Gasteiger partial charge in [0.1, 0.15) is 0 Å². The summed E-state index contributed by atoms with van der Waals surface area (Å²) in [4.78, 5) is 29.4. The van der Waals surface area contributed by atoms with Gasteiger partial charge < -0.3 is 15.5 Å². The van der Waals surface area contributed by atoms with Gasteiger partial charge in [-0.2, -0.15) is 0 Å². The second-order valence-electron chi connectivity index (χ2n) is 7.64. The van der Waals surface area contributed by atoms with E-state index >= 15 is 0 Å².